The Labute approximate surface area is 168 Å². The first-order chi connectivity index (χ1) is 14.0. The Morgan fingerprint density at radius 3 is 2.48 bits per heavy atom. The van der Waals surface area contributed by atoms with Gasteiger partial charge in [-0.2, -0.15) is 0 Å². The molecule has 8 nitrogen and oxygen atoms in total. The van der Waals surface area contributed by atoms with Crippen molar-refractivity contribution in [3.05, 3.63) is 47.5 Å². The van der Waals surface area contributed by atoms with Crippen molar-refractivity contribution in [3.63, 3.8) is 0 Å². The van der Waals surface area contributed by atoms with Crippen molar-refractivity contribution in [1.29, 1.82) is 0 Å². The van der Waals surface area contributed by atoms with Crippen molar-refractivity contribution < 1.29 is 33.3 Å². The molecule has 1 aliphatic heterocycles. The number of esters is 1. The molecule has 0 unspecified atom stereocenters. The van der Waals surface area contributed by atoms with E-state index in [9.17, 15) is 9.59 Å². The summed E-state index contributed by atoms with van der Waals surface area (Å²) >= 11 is 0. The molecular weight excluding hydrogens is 378 g/mol. The van der Waals surface area contributed by atoms with Crippen molar-refractivity contribution in [3.8, 4) is 23.0 Å². The monoisotopic (exact) mass is 401 g/mol. The maximum atomic E-state index is 12.4. The molecule has 1 amide bonds. The summed E-state index contributed by atoms with van der Waals surface area (Å²) in [6.07, 6.45) is 0. The smallest absolute Gasteiger partial charge is 0.342 e. The van der Waals surface area contributed by atoms with Crippen LogP contribution in [0.2, 0.25) is 0 Å². The summed E-state index contributed by atoms with van der Waals surface area (Å²) in [6.45, 7) is 0.985. The number of ether oxygens (including phenoxy) is 5. The van der Waals surface area contributed by atoms with Crippen LogP contribution in [0.15, 0.2) is 36.4 Å². The highest BCUT2D eigenvalue weighted by atomic mass is 16.6. The Hall–Kier alpha value is -3.42. The lowest BCUT2D eigenvalue weighted by atomic mass is 10.2. The van der Waals surface area contributed by atoms with Gasteiger partial charge in [-0.05, 0) is 29.8 Å². The Morgan fingerprint density at radius 1 is 1.00 bits per heavy atom. The summed E-state index contributed by atoms with van der Waals surface area (Å²) < 4.78 is 26.5. The minimum atomic E-state index is -0.648. The van der Waals surface area contributed by atoms with Gasteiger partial charge in [0.15, 0.2) is 18.1 Å². The van der Waals surface area contributed by atoms with Gasteiger partial charge in [-0.1, -0.05) is 6.07 Å². The fourth-order valence-corrected chi connectivity index (χ4v) is 2.83. The maximum absolute atomic E-state index is 12.4. The Morgan fingerprint density at radius 2 is 1.76 bits per heavy atom. The van der Waals surface area contributed by atoms with Crippen LogP contribution in [0.3, 0.4) is 0 Å². The quantitative estimate of drug-likeness (QED) is 0.658. The average Bonchev–Trinajstić information content (AvgIpc) is 2.76. The third-order valence-corrected chi connectivity index (χ3v) is 4.41. The first-order valence-corrected chi connectivity index (χ1v) is 9.03. The van der Waals surface area contributed by atoms with Gasteiger partial charge in [0.1, 0.15) is 30.3 Å². The van der Waals surface area contributed by atoms with Crippen LogP contribution in [-0.4, -0.2) is 57.9 Å². The van der Waals surface area contributed by atoms with E-state index >= 15 is 0 Å². The molecule has 0 atom stereocenters. The van der Waals surface area contributed by atoms with E-state index in [4.69, 9.17) is 23.7 Å². The molecule has 1 aliphatic rings. The lowest BCUT2D eigenvalue weighted by Gasteiger charge is -2.21. The van der Waals surface area contributed by atoms with Crippen molar-refractivity contribution in [2.45, 2.75) is 6.54 Å². The van der Waals surface area contributed by atoms with E-state index in [1.165, 1.54) is 25.2 Å². The first kappa shape index (κ1) is 20.3. The molecule has 154 valence electrons. The SMILES string of the molecule is COc1ccc(C(=O)OCC(=O)N(C)Cc2ccc3c(c2)OCCO3)c(OC)c1. The van der Waals surface area contributed by atoms with Gasteiger partial charge in [0.25, 0.3) is 5.91 Å². The average molecular weight is 401 g/mol. The number of amides is 1. The fraction of sp³-hybridized carbons (Fsp3) is 0.333. The van der Waals surface area contributed by atoms with Gasteiger partial charge in [-0.3, -0.25) is 4.79 Å². The normalized spacial score (nSPS) is 12.1. The molecule has 0 saturated carbocycles. The summed E-state index contributed by atoms with van der Waals surface area (Å²) in [5, 5.41) is 0. The van der Waals surface area contributed by atoms with Crippen molar-refractivity contribution in [2.24, 2.45) is 0 Å². The summed E-state index contributed by atoms with van der Waals surface area (Å²) in [5.74, 6) is 1.23. The Kier molecular flexibility index (Phi) is 6.43. The third-order valence-electron chi connectivity index (χ3n) is 4.41. The number of nitrogens with zero attached hydrogens (tertiary/aromatic N) is 1. The molecule has 0 aliphatic carbocycles. The lowest BCUT2D eigenvalue weighted by molar-refractivity contribution is -0.133. The molecule has 0 aromatic heterocycles. The van der Waals surface area contributed by atoms with Gasteiger partial charge in [0.05, 0.1) is 14.2 Å². The number of carbonyl (C=O) groups is 2. The van der Waals surface area contributed by atoms with Gasteiger partial charge in [-0.15, -0.1) is 0 Å². The van der Waals surface area contributed by atoms with E-state index in [0.717, 1.165) is 5.56 Å². The van der Waals surface area contributed by atoms with E-state index in [-0.39, 0.29) is 18.1 Å². The van der Waals surface area contributed by atoms with Crippen LogP contribution < -0.4 is 18.9 Å². The van der Waals surface area contributed by atoms with Crippen LogP contribution in [0.5, 0.6) is 23.0 Å². The van der Waals surface area contributed by atoms with Gasteiger partial charge in [-0.25, -0.2) is 4.79 Å². The molecule has 2 aromatic rings. The van der Waals surface area contributed by atoms with Crippen LogP contribution in [0, 0.1) is 0 Å². The number of methoxy groups -OCH3 is 2. The molecule has 8 heteroatoms. The highest BCUT2D eigenvalue weighted by molar-refractivity contribution is 5.94. The van der Waals surface area contributed by atoms with E-state index < -0.39 is 5.97 Å². The number of carbonyl (C=O) groups excluding carboxylic acids is 2. The van der Waals surface area contributed by atoms with Gasteiger partial charge >= 0.3 is 5.97 Å². The largest absolute Gasteiger partial charge is 0.497 e. The van der Waals surface area contributed by atoms with Gasteiger partial charge < -0.3 is 28.6 Å². The zero-order valence-corrected chi connectivity index (χ0v) is 16.6. The highest BCUT2D eigenvalue weighted by Gasteiger charge is 2.19. The molecule has 0 radical (unpaired) electrons. The molecule has 3 rings (SSSR count). The third kappa shape index (κ3) is 4.90. The molecule has 29 heavy (non-hydrogen) atoms. The van der Waals surface area contributed by atoms with Crippen LogP contribution in [-0.2, 0) is 16.1 Å². The second-order valence-electron chi connectivity index (χ2n) is 6.37. The van der Waals surface area contributed by atoms with E-state index in [2.05, 4.69) is 0 Å². The second kappa shape index (κ2) is 9.18. The second-order valence-corrected chi connectivity index (χ2v) is 6.37. The molecule has 1 heterocycles. The molecular formula is C21H23NO7. The van der Waals surface area contributed by atoms with E-state index in [0.29, 0.717) is 42.8 Å². The van der Waals surface area contributed by atoms with E-state index in [1.54, 1.807) is 19.2 Å². The molecule has 0 spiro atoms. The van der Waals surface area contributed by atoms with Crippen molar-refractivity contribution in [1.82, 2.24) is 4.90 Å². The van der Waals surface area contributed by atoms with Gasteiger partial charge in [0.2, 0.25) is 0 Å². The fourth-order valence-electron chi connectivity index (χ4n) is 2.83. The predicted molar refractivity (Wildman–Crippen MR) is 104 cm³/mol. The zero-order chi connectivity index (χ0) is 20.8. The topological polar surface area (TPSA) is 83.5 Å². The summed E-state index contributed by atoms with van der Waals surface area (Å²) in [7, 11) is 4.60. The number of hydrogen-bond donors (Lipinski definition) is 0. The lowest BCUT2D eigenvalue weighted by Crippen LogP contribution is -2.31. The minimum Gasteiger partial charge on any atom is -0.497 e. The molecule has 0 N–H and O–H groups in total. The van der Waals surface area contributed by atoms with E-state index in [1.807, 2.05) is 18.2 Å². The molecule has 2 aromatic carbocycles. The zero-order valence-electron chi connectivity index (χ0n) is 16.6. The maximum Gasteiger partial charge on any atom is 0.342 e. The first-order valence-electron chi connectivity index (χ1n) is 9.03. The number of benzene rings is 2. The van der Waals surface area contributed by atoms with Crippen LogP contribution in [0.25, 0.3) is 0 Å². The molecule has 0 fully saturated rings. The number of rotatable bonds is 7. The summed E-state index contributed by atoms with van der Waals surface area (Å²) in [6, 6.07) is 10.3. The number of likely N-dealkylation sites (N-methyl/N-ethyl adjacent to an activating group) is 1. The standard InChI is InChI=1S/C21H23NO7/c1-22(12-14-4-7-17-19(10-14)28-9-8-27-17)20(23)13-29-21(24)16-6-5-15(25-2)11-18(16)26-3/h4-7,10-11H,8-9,12-13H2,1-3H3. The predicted octanol–water partition coefficient (Wildman–Crippen LogP) is 2.29. The van der Waals surface area contributed by atoms with Crippen molar-refractivity contribution >= 4 is 11.9 Å². The number of fused-ring (bicyclic) bond motifs is 1. The van der Waals surface area contributed by atoms with Crippen LogP contribution >= 0.6 is 0 Å². The highest BCUT2D eigenvalue weighted by Crippen LogP contribution is 2.31. The number of hydrogen-bond acceptors (Lipinski definition) is 7. The Balaban J connectivity index is 1.57. The van der Waals surface area contributed by atoms with Crippen LogP contribution in [0.4, 0.5) is 0 Å². The summed E-state index contributed by atoms with van der Waals surface area (Å²) in [5.41, 5.74) is 1.10. The minimum absolute atomic E-state index is 0.218. The summed E-state index contributed by atoms with van der Waals surface area (Å²) in [4.78, 5) is 26.2. The van der Waals surface area contributed by atoms with Crippen molar-refractivity contribution in [2.75, 3.05) is 41.1 Å². The Bertz CT molecular complexity index is 897. The van der Waals surface area contributed by atoms with Gasteiger partial charge in [0, 0.05) is 19.7 Å². The van der Waals surface area contributed by atoms with Crippen LogP contribution in [0.1, 0.15) is 15.9 Å². The molecule has 0 bridgehead atoms. The molecule has 0 saturated heterocycles.